The Bertz CT molecular complexity index is 2880. The summed E-state index contributed by atoms with van der Waals surface area (Å²) in [7, 11) is 15.9. The van der Waals surface area contributed by atoms with E-state index < -0.39 is 11.3 Å². The molecule has 0 aromatic heterocycles. The van der Waals surface area contributed by atoms with Crippen molar-refractivity contribution >= 4 is 112 Å². The molecular weight excluding hydrogens is 1660 g/mol. The summed E-state index contributed by atoms with van der Waals surface area (Å²) in [6.07, 6.45) is 24.8. The number of rotatable bonds is 79. The van der Waals surface area contributed by atoms with E-state index in [1.54, 1.807) is 82.3 Å². The summed E-state index contributed by atoms with van der Waals surface area (Å²) in [5.74, 6) is -1.60. The number of hydrogen-bond donors (Lipinski definition) is 13. The van der Waals surface area contributed by atoms with Gasteiger partial charge < -0.3 is 93.0 Å². The topological polar surface area (TPSA) is 524 Å². The molecule has 0 aromatic rings. The Kier molecular flexibility index (Phi) is 86.3. The van der Waals surface area contributed by atoms with Gasteiger partial charge in [0.15, 0.2) is 5.78 Å². The van der Waals surface area contributed by atoms with Gasteiger partial charge in [0.2, 0.25) is 82.7 Å². The molecule has 0 bridgehead atoms. The van der Waals surface area contributed by atoms with Crippen LogP contribution in [0.15, 0.2) is 0 Å². The van der Waals surface area contributed by atoms with Gasteiger partial charge in [0.05, 0.1) is 91.0 Å². The number of amides is 14. The maximum atomic E-state index is 12.9. The second-order valence-electron chi connectivity index (χ2n) is 31.2. The van der Waals surface area contributed by atoms with Gasteiger partial charge >= 0.3 is 0 Å². The number of unbranched alkanes of at least 4 members (excludes halogenated alkanes) is 16. The van der Waals surface area contributed by atoms with Crippen LogP contribution >= 0.6 is 0 Å². The summed E-state index contributed by atoms with van der Waals surface area (Å²) < 4.78 is 23.0. The SMILES string of the molecule is CCC(=O)CCCCCCC(=O)NC.CCC(=O)CCOCC(COCCC(=O)NC)(COCCC(=O)NC)COCCC(=O)NC.CNC(=O)CCCCCCC(=O)CN(CC(=O)NCCCCCC(=O)NC)C(=O)CCC(=O)CCCCC(=O)NC.CNC(=O)CCCCCCC(=O)CN(CC(=O)NCCCCCC(=O)NC)CC(=O)NCCCCCC(=O)NC. The van der Waals surface area contributed by atoms with Gasteiger partial charge in [-0.15, -0.1) is 0 Å². The molecule has 0 aliphatic heterocycles. The highest BCUT2D eigenvalue weighted by molar-refractivity contribution is 5.92. The van der Waals surface area contributed by atoms with E-state index in [1.807, 2.05) is 6.92 Å². The zero-order chi connectivity index (χ0) is 96.7. The Hall–Kier alpha value is -9.27. The molecule has 128 heavy (non-hydrogen) atoms. The van der Waals surface area contributed by atoms with Crippen molar-refractivity contribution < 1.29 is 110 Å². The van der Waals surface area contributed by atoms with Crippen LogP contribution in [0, 0.1) is 5.41 Å². The predicted octanol–water partition coefficient (Wildman–Crippen LogP) is 4.21. The highest BCUT2D eigenvalue weighted by Gasteiger charge is 2.33. The fraction of sp³-hybridized carbons (Fsp3) is 0.789. The van der Waals surface area contributed by atoms with E-state index in [0.717, 1.165) is 109 Å². The summed E-state index contributed by atoms with van der Waals surface area (Å²) >= 11 is 0. The number of ketones is 5. The van der Waals surface area contributed by atoms with Gasteiger partial charge in [0.25, 0.3) is 0 Å². The molecule has 738 valence electrons. The summed E-state index contributed by atoms with van der Waals surface area (Å²) in [4.78, 5) is 226. The van der Waals surface area contributed by atoms with Crippen LogP contribution in [0.3, 0.4) is 0 Å². The van der Waals surface area contributed by atoms with Crippen LogP contribution in [0.1, 0.15) is 284 Å². The van der Waals surface area contributed by atoms with Gasteiger partial charge in [-0.25, -0.2) is 0 Å². The van der Waals surface area contributed by atoms with Crippen molar-refractivity contribution in [3.63, 3.8) is 0 Å². The summed E-state index contributed by atoms with van der Waals surface area (Å²) in [6.45, 7) is 6.00. The molecule has 0 unspecified atom stereocenters. The van der Waals surface area contributed by atoms with Crippen molar-refractivity contribution in [3.8, 4) is 0 Å². The smallest absolute Gasteiger partial charge is 0.239 e. The first-order valence-electron chi connectivity index (χ1n) is 46.1. The minimum Gasteiger partial charge on any atom is -0.380 e. The molecule has 0 fully saturated rings. The van der Waals surface area contributed by atoms with Crippen molar-refractivity contribution in [1.82, 2.24) is 78.9 Å². The molecule has 0 saturated heterocycles. The van der Waals surface area contributed by atoms with E-state index >= 15 is 0 Å². The standard InChI is InChI=1S/C29H51N5O7.C28H52N6O6.C22H41N3O8.C11H21NO2/c1-30-25(37)15-8-5-4-7-14-24(36)21-34(22-28(40)33-20-12-6-9-16-26(38)31-2)29(41)19-18-23(35)13-10-11-17-27(39)32-3;1-29-24(36)15-9-5-4-8-14-23(35)20-34(21-27(39)32-18-12-6-10-16-25(37)30-2)22-28(40)33-19-13-7-11-17-26(38)31-3;1-5-18(26)6-10-30-14-22(15-31-11-7-19(27)23-2,16-32-12-8-20(28)24-3)17-33-13-9-21(29)25-4;1-3-10(13)8-6-4-5-7-9-11(14)12-2/h4-22H2,1-3H3,(H,30,37)(H,31,38)(H,32,39)(H,33,40);4-22H2,1-3H3,(H,29,36)(H,30,37)(H,31,38)(H,32,39)(H,33,40);5-17H2,1-4H3,(H,23,27)(H,24,28)(H,25,29);3-9H2,1-2H3,(H,12,14). The third-order valence-electron chi connectivity index (χ3n) is 20.1. The number of Topliss-reactive ketones (excluding diaryl/α,β-unsaturated/α-hetero) is 5. The van der Waals surface area contributed by atoms with E-state index in [-0.39, 0.29) is 230 Å². The van der Waals surface area contributed by atoms with Gasteiger partial charge in [-0.3, -0.25) is 96.0 Å². The molecule has 14 amide bonds. The molecule has 0 aliphatic rings. The molecule has 0 radical (unpaired) electrons. The second kappa shape index (κ2) is 88.4. The van der Waals surface area contributed by atoms with E-state index in [9.17, 15) is 91.1 Å². The van der Waals surface area contributed by atoms with Crippen molar-refractivity contribution in [1.29, 1.82) is 0 Å². The maximum Gasteiger partial charge on any atom is 0.239 e. The second-order valence-corrected chi connectivity index (χ2v) is 31.2. The highest BCUT2D eigenvalue weighted by atomic mass is 16.5. The van der Waals surface area contributed by atoms with Crippen LogP contribution in [0.5, 0.6) is 0 Å². The quantitative estimate of drug-likeness (QED) is 0.0379. The highest BCUT2D eigenvalue weighted by Crippen LogP contribution is 2.22. The lowest BCUT2D eigenvalue weighted by Gasteiger charge is -2.33. The first-order valence-corrected chi connectivity index (χ1v) is 46.1. The van der Waals surface area contributed by atoms with Crippen LogP contribution in [0.2, 0.25) is 0 Å². The van der Waals surface area contributed by atoms with Gasteiger partial charge in [0.1, 0.15) is 23.1 Å². The zero-order valence-electron chi connectivity index (χ0n) is 79.8. The fourth-order valence-electron chi connectivity index (χ4n) is 11.9. The molecule has 0 aliphatic carbocycles. The molecule has 13 N–H and O–H groups in total. The van der Waals surface area contributed by atoms with Gasteiger partial charge in [-0.2, -0.15) is 0 Å². The summed E-state index contributed by atoms with van der Waals surface area (Å²) in [6, 6.07) is 0. The molecule has 0 spiro atoms. The number of carbonyl (C=O) groups excluding carboxylic acids is 19. The lowest BCUT2D eigenvalue weighted by molar-refractivity contribution is -0.139. The Morgan fingerprint density at radius 1 is 0.211 bits per heavy atom. The lowest BCUT2D eigenvalue weighted by atomic mass is 9.92. The molecule has 0 heterocycles. The van der Waals surface area contributed by atoms with Crippen LogP contribution in [0.25, 0.3) is 0 Å². The maximum absolute atomic E-state index is 12.9. The average Bonchev–Trinajstić information content (AvgIpc) is 0.864. The van der Waals surface area contributed by atoms with Crippen molar-refractivity contribution in [2.45, 2.75) is 284 Å². The van der Waals surface area contributed by atoms with E-state index in [2.05, 4.69) is 69.1 Å². The van der Waals surface area contributed by atoms with Gasteiger partial charge in [-0.05, 0) is 89.9 Å². The Balaban J connectivity index is -0.000000839. The summed E-state index contributed by atoms with van der Waals surface area (Å²) in [5.41, 5.74) is -0.747. The zero-order valence-corrected chi connectivity index (χ0v) is 79.8. The van der Waals surface area contributed by atoms with E-state index in [4.69, 9.17) is 18.9 Å². The first-order chi connectivity index (χ1) is 61.3. The fourth-order valence-corrected chi connectivity index (χ4v) is 11.9. The number of hydrogen-bond acceptors (Lipinski definition) is 24. The van der Waals surface area contributed by atoms with Crippen LogP contribution in [-0.2, 0) is 110 Å². The predicted molar refractivity (Wildman–Crippen MR) is 489 cm³/mol. The Morgan fingerprint density at radius 3 is 0.734 bits per heavy atom. The normalized spacial score (nSPS) is 10.6. The number of carbonyl (C=O) groups is 19. The van der Waals surface area contributed by atoms with E-state index in [0.29, 0.717) is 141 Å². The van der Waals surface area contributed by atoms with Gasteiger partial charge in [0, 0.05) is 212 Å². The molecule has 0 aromatic carbocycles. The molecule has 0 atom stereocenters. The van der Waals surface area contributed by atoms with Crippen LogP contribution < -0.4 is 69.1 Å². The monoisotopic (exact) mass is 1820 g/mol. The minimum atomic E-state index is -0.747. The summed E-state index contributed by atoms with van der Waals surface area (Å²) in [5, 5.41) is 34.0. The van der Waals surface area contributed by atoms with Crippen LogP contribution in [-0.4, -0.2) is 297 Å². The third-order valence-corrected chi connectivity index (χ3v) is 20.1. The molecular formula is C90H165N15O23. The van der Waals surface area contributed by atoms with Crippen molar-refractivity contribution in [2.75, 3.05) is 176 Å². The Labute approximate surface area is 761 Å². The number of nitrogens with zero attached hydrogens (tertiary/aromatic N) is 2. The third kappa shape index (κ3) is 83.6. The van der Waals surface area contributed by atoms with Crippen LogP contribution in [0.4, 0.5) is 0 Å². The Morgan fingerprint density at radius 2 is 0.438 bits per heavy atom. The lowest BCUT2D eigenvalue weighted by Crippen LogP contribution is -2.45. The van der Waals surface area contributed by atoms with E-state index in [1.165, 1.54) is 4.90 Å². The average molecular weight is 1830 g/mol. The van der Waals surface area contributed by atoms with Gasteiger partial charge in [-0.1, -0.05) is 71.6 Å². The van der Waals surface area contributed by atoms with Crippen molar-refractivity contribution in [2.24, 2.45) is 5.41 Å². The number of ether oxygens (including phenoxy) is 4. The largest absolute Gasteiger partial charge is 0.380 e. The number of nitrogens with one attached hydrogen (secondary N) is 13. The first kappa shape index (κ1) is 125. The van der Waals surface area contributed by atoms with Crippen molar-refractivity contribution in [3.05, 3.63) is 0 Å². The molecule has 0 rings (SSSR count). The molecule has 38 heteroatoms. The molecule has 38 nitrogen and oxygen atoms in total. The minimum absolute atomic E-state index is 0.00425. The molecule has 0 saturated carbocycles.